The van der Waals surface area contributed by atoms with E-state index in [0.717, 1.165) is 22.5 Å². The Kier molecular flexibility index (Phi) is 7.68. The highest BCUT2D eigenvalue weighted by atomic mass is 32.2. The molecule has 0 aliphatic heterocycles. The molecule has 10 heteroatoms. The first-order chi connectivity index (χ1) is 14.3. The molecule has 5 nitrogen and oxygen atoms in total. The smallest absolute Gasteiger partial charge is 0.288 e. The molecular formula is C20H20F2N4OS3. The number of carbonyl (C=O) groups is 1. The fourth-order valence-electron chi connectivity index (χ4n) is 2.59. The Morgan fingerprint density at radius 1 is 1.03 bits per heavy atom. The van der Waals surface area contributed by atoms with E-state index in [1.165, 1.54) is 23.1 Å². The van der Waals surface area contributed by atoms with Crippen LogP contribution < -0.4 is 10.6 Å². The maximum Gasteiger partial charge on any atom is 0.288 e. The molecule has 2 N–H and O–H groups in total. The molecule has 1 atom stereocenters. The number of aryl methyl sites for hydroxylation is 2. The zero-order valence-electron chi connectivity index (χ0n) is 16.5. The molecule has 1 amide bonds. The van der Waals surface area contributed by atoms with Crippen LogP contribution in [0.1, 0.15) is 18.1 Å². The molecule has 0 aliphatic carbocycles. The van der Waals surface area contributed by atoms with Crippen molar-refractivity contribution in [3.05, 3.63) is 53.6 Å². The molecule has 2 aromatic carbocycles. The number of benzene rings is 2. The minimum absolute atomic E-state index is 0.103. The van der Waals surface area contributed by atoms with Crippen molar-refractivity contribution in [2.75, 3.05) is 10.6 Å². The normalized spacial score (nSPS) is 12.1. The van der Waals surface area contributed by atoms with E-state index in [1.54, 1.807) is 24.3 Å². The van der Waals surface area contributed by atoms with Crippen molar-refractivity contribution in [1.82, 2.24) is 10.2 Å². The fourth-order valence-corrected chi connectivity index (χ4v) is 5.01. The van der Waals surface area contributed by atoms with E-state index in [2.05, 4.69) is 20.8 Å². The summed E-state index contributed by atoms with van der Waals surface area (Å²) in [5, 5.41) is 14.5. The molecule has 0 aliphatic rings. The van der Waals surface area contributed by atoms with Crippen molar-refractivity contribution in [3.8, 4) is 0 Å². The number of halogens is 2. The summed E-state index contributed by atoms with van der Waals surface area (Å²) in [4.78, 5) is 13.1. The lowest BCUT2D eigenvalue weighted by Crippen LogP contribution is -2.23. The van der Waals surface area contributed by atoms with Gasteiger partial charge in [-0.05, 0) is 56.2 Å². The number of hydrogen-bond donors (Lipinski definition) is 2. The van der Waals surface area contributed by atoms with Crippen LogP contribution in [-0.2, 0) is 4.79 Å². The zero-order valence-corrected chi connectivity index (χ0v) is 18.9. The van der Waals surface area contributed by atoms with Crippen LogP contribution in [0.4, 0.5) is 25.3 Å². The highest BCUT2D eigenvalue weighted by Crippen LogP contribution is 2.32. The Morgan fingerprint density at radius 3 is 2.33 bits per heavy atom. The van der Waals surface area contributed by atoms with Crippen LogP contribution >= 0.6 is 34.9 Å². The fraction of sp³-hybridized carbons (Fsp3) is 0.250. The number of anilines is 3. The standard InChI is InChI=1S/C20H20F2N4OS3/c1-11-5-4-6-12(2)16(11)24-17(27)13(3)28-20-26-25-19(30-20)23-14-7-9-15(10-8-14)29-18(21)22/h4-10,13,18H,1-3H3,(H,23,25)(H,24,27). The Labute approximate surface area is 186 Å². The van der Waals surface area contributed by atoms with Crippen molar-refractivity contribution in [1.29, 1.82) is 0 Å². The molecule has 0 bridgehead atoms. The number of rotatable bonds is 8. The summed E-state index contributed by atoms with van der Waals surface area (Å²) in [5.41, 5.74) is 3.59. The number of thioether (sulfide) groups is 2. The minimum Gasteiger partial charge on any atom is -0.330 e. The van der Waals surface area contributed by atoms with Crippen molar-refractivity contribution < 1.29 is 13.6 Å². The largest absolute Gasteiger partial charge is 0.330 e. The Hall–Kier alpha value is -2.17. The van der Waals surface area contributed by atoms with Gasteiger partial charge in [0.1, 0.15) is 0 Å². The topological polar surface area (TPSA) is 66.9 Å². The predicted octanol–water partition coefficient (Wildman–Crippen LogP) is 6.33. The number of hydrogen-bond acceptors (Lipinski definition) is 7. The van der Waals surface area contributed by atoms with Crippen LogP contribution in [0.25, 0.3) is 0 Å². The number of nitrogens with one attached hydrogen (secondary N) is 2. The molecule has 1 aromatic heterocycles. The summed E-state index contributed by atoms with van der Waals surface area (Å²) in [7, 11) is 0. The molecule has 3 aromatic rings. The van der Waals surface area contributed by atoms with Gasteiger partial charge in [0, 0.05) is 16.3 Å². The van der Waals surface area contributed by atoms with E-state index in [1.807, 2.05) is 39.0 Å². The molecule has 1 unspecified atom stereocenters. The SMILES string of the molecule is Cc1cccc(C)c1NC(=O)C(C)Sc1nnc(Nc2ccc(SC(F)F)cc2)s1. The van der Waals surface area contributed by atoms with Crippen LogP contribution in [0.15, 0.2) is 51.7 Å². The first kappa shape index (κ1) is 22.5. The van der Waals surface area contributed by atoms with Crippen molar-refractivity contribution in [3.63, 3.8) is 0 Å². The maximum atomic E-state index is 12.6. The lowest BCUT2D eigenvalue weighted by Gasteiger charge is -2.14. The Balaban J connectivity index is 1.57. The van der Waals surface area contributed by atoms with Crippen molar-refractivity contribution >= 4 is 57.3 Å². The molecule has 30 heavy (non-hydrogen) atoms. The second-order valence-corrected chi connectivity index (χ2v) is 10.0. The van der Waals surface area contributed by atoms with E-state index in [9.17, 15) is 13.6 Å². The third-order valence-electron chi connectivity index (χ3n) is 4.11. The summed E-state index contributed by atoms with van der Waals surface area (Å²) >= 11 is 3.16. The summed E-state index contributed by atoms with van der Waals surface area (Å²) in [6.45, 7) is 5.74. The summed E-state index contributed by atoms with van der Waals surface area (Å²) < 4.78 is 25.4. The van der Waals surface area contributed by atoms with Gasteiger partial charge in [0.15, 0.2) is 4.34 Å². The molecule has 158 valence electrons. The van der Waals surface area contributed by atoms with Gasteiger partial charge >= 0.3 is 0 Å². The average Bonchev–Trinajstić information content (AvgIpc) is 3.12. The Morgan fingerprint density at radius 2 is 1.70 bits per heavy atom. The van der Waals surface area contributed by atoms with Crippen LogP contribution in [0.2, 0.25) is 0 Å². The second kappa shape index (κ2) is 10.2. The van der Waals surface area contributed by atoms with E-state index in [0.29, 0.717) is 26.1 Å². The van der Waals surface area contributed by atoms with Crippen LogP contribution in [0.5, 0.6) is 0 Å². The molecule has 3 rings (SSSR count). The third-order valence-corrected chi connectivity index (χ3v) is 6.86. The number of alkyl halides is 2. The molecular weight excluding hydrogens is 446 g/mol. The van der Waals surface area contributed by atoms with Gasteiger partial charge < -0.3 is 10.6 Å². The molecule has 0 spiro atoms. The van der Waals surface area contributed by atoms with Gasteiger partial charge in [-0.2, -0.15) is 8.78 Å². The van der Waals surface area contributed by atoms with Gasteiger partial charge in [-0.15, -0.1) is 10.2 Å². The highest BCUT2D eigenvalue weighted by molar-refractivity contribution is 8.02. The lowest BCUT2D eigenvalue weighted by molar-refractivity contribution is -0.115. The molecule has 1 heterocycles. The second-order valence-electron chi connectivity index (χ2n) is 6.42. The first-order valence-corrected chi connectivity index (χ1v) is 11.6. The summed E-state index contributed by atoms with van der Waals surface area (Å²) in [6, 6.07) is 12.5. The minimum atomic E-state index is -2.44. The Bertz CT molecular complexity index is 991. The van der Waals surface area contributed by atoms with E-state index < -0.39 is 5.76 Å². The molecule has 0 radical (unpaired) electrons. The number of carbonyl (C=O) groups excluding carboxylic acids is 1. The number of para-hydroxylation sites is 1. The summed E-state index contributed by atoms with van der Waals surface area (Å²) in [6.07, 6.45) is 0. The quantitative estimate of drug-likeness (QED) is 0.378. The van der Waals surface area contributed by atoms with Crippen LogP contribution in [-0.4, -0.2) is 27.1 Å². The predicted molar refractivity (Wildman–Crippen MR) is 121 cm³/mol. The van der Waals surface area contributed by atoms with Crippen LogP contribution in [0.3, 0.4) is 0 Å². The molecule has 0 fully saturated rings. The van der Waals surface area contributed by atoms with Crippen molar-refractivity contribution in [2.24, 2.45) is 0 Å². The van der Waals surface area contributed by atoms with Gasteiger partial charge in [0.2, 0.25) is 11.0 Å². The number of amides is 1. The van der Waals surface area contributed by atoms with Crippen molar-refractivity contribution in [2.45, 2.75) is 41.0 Å². The van der Waals surface area contributed by atoms with Gasteiger partial charge in [-0.1, -0.05) is 53.1 Å². The van der Waals surface area contributed by atoms with Gasteiger partial charge in [-0.25, -0.2) is 0 Å². The lowest BCUT2D eigenvalue weighted by atomic mass is 10.1. The monoisotopic (exact) mass is 466 g/mol. The maximum absolute atomic E-state index is 12.6. The highest BCUT2D eigenvalue weighted by Gasteiger charge is 2.18. The van der Waals surface area contributed by atoms with E-state index in [4.69, 9.17) is 0 Å². The molecule has 0 saturated heterocycles. The van der Waals surface area contributed by atoms with Gasteiger partial charge in [0.05, 0.1) is 5.25 Å². The zero-order chi connectivity index (χ0) is 21.7. The average molecular weight is 467 g/mol. The summed E-state index contributed by atoms with van der Waals surface area (Å²) in [5.74, 6) is -2.55. The first-order valence-electron chi connectivity index (χ1n) is 9.01. The number of nitrogens with zero attached hydrogens (tertiary/aromatic N) is 2. The third kappa shape index (κ3) is 6.16. The van der Waals surface area contributed by atoms with Crippen LogP contribution in [0, 0.1) is 13.8 Å². The molecule has 0 saturated carbocycles. The van der Waals surface area contributed by atoms with E-state index >= 15 is 0 Å². The van der Waals surface area contributed by atoms with Gasteiger partial charge in [0.25, 0.3) is 5.76 Å². The van der Waals surface area contributed by atoms with Gasteiger partial charge in [-0.3, -0.25) is 4.79 Å². The number of aromatic nitrogens is 2. The van der Waals surface area contributed by atoms with E-state index in [-0.39, 0.29) is 11.2 Å².